The van der Waals surface area contributed by atoms with E-state index < -0.39 is 11.9 Å². The molecule has 1 aromatic heterocycles. The standard InChI is InChI=1S/C22H25F2N5O2S/c1-13(19(30)26-16-9-11-17(12-10-16)31-20(23)24)32-21-28-27-18(29(21)25)14-5-7-15(8-6-14)22(2,3)4/h5-13,20H,25H2,1-4H3,(H,26,30). The summed E-state index contributed by atoms with van der Waals surface area (Å²) in [6.45, 7) is 5.23. The third-order valence-electron chi connectivity index (χ3n) is 4.67. The molecule has 3 N–H and O–H groups in total. The zero-order valence-corrected chi connectivity index (χ0v) is 19.0. The van der Waals surface area contributed by atoms with Gasteiger partial charge in [-0.15, -0.1) is 10.2 Å². The Morgan fingerprint density at radius 2 is 1.72 bits per heavy atom. The second-order valence-corrected chi connectivity index (χ2v) is 9.46. The van der Waals surface area contributed by atoms with Crippen molar-refractivity contribution in [2.75, 3.05) is 11.2 Å². The van der Waals surface area contributed by atoms with E-state index in [1.807, 2.05) is 24.3 Å². The van der Waals surface area contributed by atoms with Crippen molar-refractivity contribution in [1.82, 2.24) is 14.9 Å². The number of benzene rings is 2. The highest BCUT2D eigenvalue weighted by molar-refractivity contribution is 8.00. The summed E-state index contributed by atoms with van der Waals surface area (Å²) in [6, 6.07) is 13.6. The molecule has 0 bridgehead atoms. The highest BCUT2D eigenvalue weighted by atomic mass is 32.2. The van der Waals surface area contributed by atoms with Crippen LogP contribution in [0.5, 0.6) is 5.75 Å². The molecule has 0 spiro atoms. The van der Waals surface area contributed by atoms with Crippen LogP contribution in [0.15, 0.2) is 53.7 Å². The minimum Gasteiger partial charge on any atom is -0.435 e. The molecule has 170 valence electrons. The van der Waals surface area contributed by atoms with Crippen LogP contribution in [0, 0.1) is 0 Å². The summed E-state index contributed by atoms with van der Waals surface area (Å²) in [4.78, 5) is 12.5. The molecular weight excluding hydrogens is 436 g/mol. The zero-order valence-electron chi connectivity index (χ0n) is 18.2. The molecular formula is C22H25F2N5O2S. The first kappa shape index (κ1) is 23.5. The molecule has 3 rings (SSSR count). The Bertz CT molecular complexity index is 1060. The number of amides is 1. The van der Waals surface area contributed by atoms with E-state index in [9.17, 15) is 13.6 Å². The van der Waals surface area contributed by atoms with Gasteiger partial charge in [0.2, 0.25) is 11.1 Å². The number of halogens is 2. The topological polar surface area (TPSA) is 95.1 Å². The van der Waals surface area contributed by atoms with E-state index in [1.165, 1.54) is 34.5 Å². The van der Waals surface area contributed by atoms with Crippen molar-refractivity contribution in [1.29, 1.82) is 0 Å². The van der Waals surface area contributed by atoms with Crippen molar-refractivity contribution >= 4 is 23.4 Å². The van der Waals surface area contributed by atoms with Gasteiger partial charge in [0.1, 0.15) is 5.75 Å². The van der Waals surface area contributed by atoms with Crippen LogP contribution in [-0.4, -0.2) is 32.6 Å². The lowest BCUT2D eigenvalue weighted by atomic mass is 9.87. The van der Waals surface area contributed by atoms with E-state index in [1.54, 1.807) is 6.92 Å². The molecule has 1 unspecified atom stereocenters. The highest BCUT2D eigenvalue weighted by Gasteiger charge is 2.21. The summed E-state index contributed by atoms with van der Waals surface area (Å²) in [6.07, 6.45) is 0. The van der Waals surface area contributed by atoms with Crippen LogP contribution in [-0.2, 0) is 10.2 Å². The number of nitrogen functional groups attached to an aromatic ring is 1. The molecule has 0 saturated carbocycles. The molecule has 0 radical (unpaired) electrons. The van der Waals surface area contributed by atoms with Crippen molar-refractivity contribution < 1.29 is 18.3 Å². The van der Waals surface area contributed by atoms with E-state index in [4.69, 9.17) is 5.84 Å². The number of nitrogens with two attached hydrogens (primary N) is 1. The number of hydrogen-bond donors (Lipinski definition) is 2. The molecule has 3 aromatic rings. The van der Waals surface area contributed by atoms with Gasteiger partial charge in [-0.3, -0.25) is 4.79 Å². The van der Waals surface area contributed by atoms with Gasteiger partial charge in [-0.25, -0.2) is 4.68 Å². The summed E-state index contributed by atoms with van der Waals surface area (Å²) in [5.74, 6) is 6.39. The number of anilines is 1. The number of nitrogens with one attached hydrogen (secondary N) is 1. The third-order valence-corrected chi connectivity index (χ3v) is 5.73. The molecule has 0 aliphatic rings. The van der Waals surface area contributed by atoms with Crippen molar-refractivity contribution in [3.63, 3.8) is 0 Å². The van der Waals surface area contributed by atoms with Gasteiger partial charge in [-0.05, 0) is 42.2 Å². The fraction of sp³-hybridized carbons (Fsp3) is 0.318. The van der Waals surface area contributed by atoms with Gasteiger partial charge in [0.15, 0.2) is 5.82 Å². The monoisotopic (exact) mass is 461 g/mol. The summed E-state index contributed by atoms with van der Waals surface area (Å²) in [5, 5.41) is 10.9. The molecule has 0 aliphatic carbocycles. The molecule has 1 amide bonds. The Labute approximate surface area is 189 Å². The van der Waals surface area contributed by atoms with Crippen LogP contribution >= 0.6 is 11.8 Å². The number of ether oxygens (including phenoxy) is 1. The van der Waals surface area contributed by atoms with E-state index in [0.717, 1.165) is 17.3 Å². The van der Waals surface area contributed by atoms with Crippen molar-refractivity contribution in [3.05, 3.63) is 54.1 Å². The first-order valence-corrected chi connectivity index (χ1v) is 10.8. The Hall–Kier alpha value is -3.14. The largest absolute Gasteiger partial charge is 0.435 e. The van der Waals surface area contributed by atoms with Crippen LogP contribution in [0.1, 0.15) is 33.3 Å². The third kappa shape index (κ3) is 5.76. The molecule has 10 heteroatoms. The van der Waals surface area contributed by atoms with E-state index in [2.05, 4.69) is 41.0 Å². The van der Waals surface area contributed by atoms with E-state index in [-0.39, 0.29) is 17.1 Å². The first-order valence-electron chi connectivity index (χ1n) is 9.88. The first-order chi connectivity index (χ1) is 15.0. The average Bonchev–Trinajstić information content (AvgIpc) is 3.08. The summed E-state index contributed by atoms with van der Waals surface area (Å²) < 4.78 is 30.1. The molecule has 0 saturated heterocycles. The van der Waals surface area contributed by atoms with Crippen LogP contribution in [0.4, 0.5) is 14.5 Å². The fourth-order valence-corrected chi connectivity index (χ4v) is 3.62. The highest BCUT2D eigenvalue weighted by Crippen LogP contribution is 2.28. The number of alkyl halides is 2. The maximum atomic E-state index is 12.5. The Kier molecular flexibility index (Phi) is 7.02. The fourth-order valence-electron chi connectivity index (χ4n) is 2.85. The van der Waals surface area contributed by atoms with Crippen molar-refractivity contribution in [2.24, 2.45) is 0 Å². The Balaban J connectivity index is 1.64. The normalized spacial score (nSPS) is 12.6. The lowest BCUT2D eigenvalue weighted by Gasteiger charge is -2.19. The lowest BCUT2D eigenvalue weighted by molar-refractivity contribution is -0.115. The van der Waals surface area contributed by atoms with E-state index in [0.29, 0.717) is 16.7 Å². The predicted molar refractivity (Wildman–Crippen MR) is 121 cm³/mol. The number of rotatable bonds is 7. The van der Waals surface area contributed by atoms with Gasteiger partial charge in [0.05, 0.1) is 5.25 Å². The van der Waals surface area contributed by atoms with Gasteiger partial charge < -0.3 is 15.9 Å². The van der Waals surface area contributed by atoms with Gasteiger partial charge in [0.25, 0.3) is 0 Å². The van der Waals surface area contributed by atoms with Gasteiger partial charge >= 0.3 is 6.61 Å². The quantitative estimate of drug-likeness (QED) is 0.392. The summed E-state index contributed by atoms with van der Waals surface area (Å²) in [5.41, 5.74) is 2.51. The molecule has 0 aliphatic heterocycles. The van der Waals surface area contributed by atoms with Crippen LogP contribution in [0.2, 0.25) is 0 Å². The number of carbonyl (C=O) groups excluding carboxylic acids is 1. The molecule has 7 nitrogen and oxygen atoms in total. The minimum atomic E-state index is -2.90. The number of hydrogen-bond acceptors (Lipinski definition) is 6. The van der Waals surface area contributed by atoms with Crippen LogP contribution in [0.3, 0.4) is 0 Å². The molecule has 1 atom stereocenters. The molecule has 2 aromatic carbocycles. The summed E-state index contributed by atoms with van der Waals surface area (Å²) >= 11 is 1.16. The Morgan fingerprint density at radius 1 is 1.09 bits per heavy atom. The van der Waals surface area contributed by atoms with E-state index >= 15 is 0 Å². The zero-order chi connectivity index (χ0) is 23.5. The van der Waals surface area contributed by atoms with Crippen LogP contribution in [0.25, 0.3) is 11.4 Å². The average molecular weight is 462 g/mol. The number of nitrogens with zero attached hydrogens (tertiary/aromatic N) is 3. The van der Waals surface area contributed by atoms with Crippen molar-refractivity contribution in [3.8, 4) is 17.1 Å². The van der Waals surface area contributed by atoms with Crippen molar-refractivity contribution in [2.45, 2.75) is 50.1 Å². The maximum Gasteiger partial charge on any atom is 0.387 e. The second-order valence-electron chi connectivity index (χ2n) is 8.16. The number of carbonyl (C=O) groups is 1. The molecule has 32 heavy (non-hydrogen) atoms. The van der Waals surface area contributed by atoms with Gasteiger partial charge in [-0.1, -0.05) is 56.8 Å². The van der Waals surface area contributed by atoms with Crippen LogP contribution < -0.4 is 15.9 Å². The SMILES string of the molecule is CC(Sc1nnc(-c2ccc(C(C)(C)C)cc2)n1N)C(=O)Nc1ccc(OC(F)F)cc1. The smallest absolute Gasteiger partial charge is 0.387 e. The summed E-state index contributed by atoms with van der Waals surface area (Å²) in [7, 11) is 0. The molecule has 0 fully saturated rings. The second kappa shape index (κ2) is 9.56. The number of thioether (sulfide) groups is 1. The van der Waals surface area contributed by atoms with Gasteiger partial charge in [0, 0.05) is 11.3 Å². The predicted octanol–water partition coefficient (Wildman–Crippen LogP) is 4.68. The minimum absolute atomic E-state index is 0.0136. The lowest BCUT2D eigenvalue weighted by Crippen LogP contribution is -2.23. The van der Waals surface area contributed by atoms with Gasteiger partial charge in [-0.2, -0.15) is 8.78 Å². The molecule has 1 heterocycles. The Morgan fingerprint density at radius 3 is 2.28 bits per heavy atom. The number of aromatic nitrogens is 3. The maximum absolute atomic E-state index is 12.5.